The summed E-state index contributed by atoms with van der Waals surface area (Å²) in [6, 6.07) is 14.4. The molecule has 0 bridgehead atoms. The third-order valence-electron chi connectivity index (χ3n) is 6.30. The second-order valence-corrected chi connectivity index (χ2v) is 9.70. The van der Waals surface area contributed by atoms with Crippen LogP contribution in [-0.2, 0) is 24.3 Å². The summed E-state index contributed by atoms with van der Waals surface area (Å²) in [4.78, 5) is 27.2. The minimum atomic E-state index is -1.88. The van der Waals surface area contributed by atoms with Crippen molar-refractivity contribution in [1.82, 2.24) is 14.3 Å². The molecule has 35 heavy (non-hydrogen) atoms. The van der Waals surface area contributed by atoms with Gasteiger partial charge in [0.25, 0.3) is 6.08 Å². The molecule has 2 N–H and O–H groups in total. The number of rotatable bonds is 6. The zero-order valence-electron chi connectivity index (χ0n) is 19.0. The predicted octanol–water partition coefficient (Wildman–Crippen LogP) is 3.99. The molecular formula is C25H23F2N5O2S. The van der Waals surface area contributed by atoms with Crippen molar-refractivity contribution in [3.05, 3.63) is 81.4 Å². The number of thiophene rings is 1. The normalized spacial score (nSPS) is 13.4. The maximum atomic E-state index is 12.9. The Balaban J connectivity index is 1.39. The Morgan fingerprint density at radius 2 is 1.86 bits per heavy atom. The molecule has 2 aromatic carbocycles. The van der Waals surface area contributed by atoms with E-state index in [9.17, 15) is 18.4 Å². The van der Waals surface area contributed by atoms with Crippen LogP contribution in [0, 0.1) is 0 Å². The van der Waals surface area contributed by atoms with E-state index in [-0.39, 0.29) is 24.6 Å². The number of nitrogens with two attached hydrogens (primary N) is 1. The fourth-order valence-electron chi connectivity index (χ4n) is 4.33. The van der Waals surface area contributed by atoms with E-state index >= 15 is 0 Å². The van der Waals surface area contributed by atoms with Gasteiger partial charge in [-0.05, 0) is 58.8 Å². The summed E-state index contributed by atoms with van der Waals surface area (Å²) in [5, 5.41) is 5.02. The summed E-state index contributed by atoms with van der Waals surface area (Å²) in [5.41, 5.74) is 8.84. The first-order chi connectivity index (χ1) is 16.8. The number of nitrogens with zero attached hydrogens (tertiary/aromatic N) is 4. The van der Waals surface area contributed by atoms with Crippen LogP contribution in [0.2, 0.25) is 0 Å². The van der Waals surface area contributed by atoms with Gasteiger partial charge >= 0.3 is 5.69 Å². The number of carbonyl (C=O) groups is 1. The smallest absolute Gasteiger partial charge is 0.327 e. The van der Waals surface area contributed by atoms with Crippen LogP contribution in [0.25, 0.3) is 21.2 Å². The van der Waals surface area contributed by atoms with Gasteiger partial charge in [0.1, 0.15) is 6.33 Å². The molecule has 0 unspecified atom stereocenters. The lowest BCUT2D eigenvalue weighted by Gasteiger charge is -2.26. The first-order valence-corrected chi connectivity index (χ1v) is 11.9. The van der Waals surface area contributed by atoms with Crippen LogP contribution < -0.4 is 16.3 Å². The van der Waals surface area contributed by atoms with Crippen LogP contribution in [0.4, 0.5) is 14.5 Å². The Morgan fingerprint density at radius 3 is 2.63 bits per heavy atom. The van der Waals surface area contributed by atoms with E-state index in [1.807, 2.05) is 18.2 Å². The molecule has 0 atom stereocenters. The van der Waals surface area contributed by atoms with Gasteiger partial charge in [0, 0.05) is 40.9 Å². The number of anilines is 1. The minimum Gasteiger partial charge on any atom is -0.327 e. The van der Waals surface area contributed by atoms with Gasteiger partial charge in [-0.1, -0.05) is 12.1 Å². The summed E-state index contributed by atoms with van der Waals surface area (Å²) in [5.74, 6) is 0.132. The van der Waals surface area contributed by atoms with Crippen LogP contribution in [-0.4, -0.2) is 33.8 Å². The number of carbonyl (C=O) groups excluding carboxylic acids is 1. The third-order valence-corrected chi connectivity index (χ3v) is 7.40. The van der Waals surface area contributed by atoms with Crippen molar-refractivity contribution in [2.45, 2.75) is 25.9 Å². The number of hydrogen-bond acceptors (Lipinski definition) is 5. The molecule has 2 aromatic heterocycles. The molecule has 0 saturated carbocycles. The van der Waals surface area contributed by atoms with Gasteiger partial charge < -0.3 is 10.6 Å². The van der Waals surface area contributed by atoms with E-state index in [0.29, 0.717) is 13.0 Å². The van der Waals surface area contributed by atoms with Crippen LogP contribution >= 0.6 is 11.3 Å². The molecule has 0 aliphatic carbocycles. The molecule has 1 aliphatic heterocycles. The molecule has 0 radical (unpaired) electrons. The number of aromatic nitrogens is 3. The lowest BCUT2D eigenvalue weighted by atomic mass is 9.96. The number of hydrogen-bond donors (Lipinski definition) is 1. The summed E-state index contributed by atoms with van der Waals surface area (Å²) >= 11 is 1.57. The third kappa shape index (κ3) is 4.42. The van der Waals surface area contributed by atoms with Gasteiger partial charge in [0.2, 0.25) is 5.91 Å². The van der Waals surface area contributed by atoms with Gasteiger partial charge in [-0.15, -0.1) is 11.3 Å². The molecule has 10 heteroatoms. The standard InChI is InChI=1S/C25H23F2N5O2S/c1-30-21-5-2-15(8-17(21)4-7-23(30)33)16-3-6-22-18(9-16)10-20(35-22)13-31-14-29-32(25(31)34)12-19(11-28)24(26)27/h2-3,5-6,8-10,14H,4,7,11-13,28H2,1H3. The van der Waals surface area contributed by atoms with Crippen molar-refractivity contribution >= 4 is 33.0 Å². The van der Waals surface area contributed by atoms with Crippen molar-refractivity contribution in [2.75, 3.05) is 18.5 Å². The van der Waals surface area contributed by atoms with Crippen molar-refractivity contribution < 1.29 is 13.6 Å². The lowest BCUT2D eigenvalue weighted by Crippen LogP contribution is -2.30. The molecule has 180 valence electrons. The number of aryl methyl sites for hydroxylation is 1. The van der Waals surface area contributed by atoms with Crippen LogP contribution in [0.5, 0.6) is 0 Å². The molecular weight excluding hydrogens is 472 g/mol. The quantitative estimate of drug-likeness (QED) is 0.438. The number of fused-ring (bicyclic) bond motifs is 2. The molecule has 1 amide bonds. The highest BCUT2D eigenvalue weighted by Crippen LogP contribution is 2.34. The highest BCUT2D eigenvalue weighted by Gasteiger charge is 2.21. The van der Waals surface area contributed by atoms with Gasteiger partial charge in [-0.2, -0.15) is 13.9 Å². The summed E-state index contributed by atoms with van der Waals surface area (Å²) in [6.07, 6.45) is 0.730. The summed E-state index contributed by atoms with van der Waals surface area (Å²) < 4.78 is 29.3. The fourth-order valence-corrected chi connectivity index (χ4v) is 5.37. The van der Waals surface area contributed by atoms with Crippen molar-refractivity contribution in [2.24, 2.45) is 5.73 Å². The Bertz CT molecular complexity index is 1530. The molecule has 4 aromatic rings. The fraction of sp³-hybridized carbons (Fsp3) is 0.240. The molecule has 0 spiro atoms. The van der Waals surface area contributed by atoms with Gasteiger partial charge in [0.15, 0.2) is 0 Å². The largest absolute Gasteiger partial charge is 0.346 e. The molecule has 0 fully saturated rings. The van der Waals surface area contributed by atoms with E-state index < -0.39 is 11.8 Å². The molecule has 0 saturated heterocycles. The van der Waals surface area contributed by atoms with Crippen LogP contribution in [0.3, 0.4) is 0 Å². The Kier molecular flexibility index (Phi) is 6.08. The van der Waals surface area contributed by atoms with Gasteiger partial charge in [-0.25, -0.2) is 9.48 Å². The molecule has 3 heterocycles. The second kappa shape index (κ2) is 9.20. The molecule has 1 aliphatic rings. The van der Waals surface area contributed by atoms with Crippen molar-refractivity contribution in [3.8, 4) is 11.1 Å². The van der Waals surface area contributed by atoms with E-state index in [4.69, 9.17) is 5.73 Å². The highest BCUT2D eigenvalue weighted by molar-refractivity contribution is 7.19. The van der Waals surface area contributed by atoms with Crippen molar-refractivity contribution in [1.29, 1.82) is 0 Å². The molecule has 7 nitrogen and oxygen atoms in total. The number of benzene rings is 2. The van der Waals surface area contributed by atoms with Crippen LogP contribution in [0.1, 0.15) is 16.9 Å². The average Bonchev–Trinajstić information content (AvgIpc) is 3.41. The highest BCUT2D eigenvalue weighted by atomic mass is 32.1. The minimum absolute atomic E-state index is 0.132. The Morgan fingerprint density at radius 1 is 1.09 bits per heavy atom. The first kappa shape index (κ1) is 23.1. The summed E-state index contributed by atoms with van der Waals surface area (Å²) in [7, 11) is 1.81. The van der Waals surface area contributed by atoms with E-state index in [1.54, 1.807) is 23.3 Å². The van der Waals surface area contributed by atoms with Crippen LogP contribution in [0.15, 0.2) is 65.2 Å². The molecule has 5 rings (SSSR count). The van der Waals surface area contributed by atoms with Gasteiger partial charge in [0.05, 0.1) is 13.1 Å². The summed E-state index contributed by atoms with van der Waals surface area (Å²) in [6.45, 7) is -0.364. The monoisotopic (exact) mass is 495 g/mol. The SMILES string of the molecule is CN1C(=O)CCc2cc(-c3ccc4sc(Cn5cnn(CC(CN)=C(F)F)c5=O)cc4c3)ccc21. The zero-order chi connectivity index (χ0) is 24.7. The maximum Gasteiger partial charge on any atom is 0.346 e. The number of halogens is 2. The number of amides is 1. The lowest BCUT2D eigenvalue weighted by molar-refractivity contribution is -0.118. The van der Waals surface area contributed by atoms with Gasteiger partial charge in [-0.3, -0.25) is 9.36 Å². The van der Waals surface area contributed by atoms with E-state index in [2.05, 4.69) is 29.4 Å². The van der Waals surface area contributed by atoms with E-state index in [1.165, 1.54) is 10.9 Å². The maximum absolute atomic E-state index is 12.9. The zero-order valence-corrected chi connectivity index (χ0v) is 19.8. The predicted molar refractivity (Wildman–Crippen MR) is 133 cm³/mol. The Labute approximate surface area is 203 Å². The average molecular weight is 496 g/mol. The topological polar surface area (TPSA) is 86.2 Å². The van der Waals surface area contributed by atoms with E-state index in [0.717, 1.165) is 48.4 Å². The Hall–Kier alpha value is -3.63. The first-order valence-electron chi connectivity index (χ1n) is 11.1. The van der Waals surface area contributed by atoms with Crippen molar-refractivity contribution in [3.63, 3.8) is 0 Å². The second-order valence-electron chi connectivity index (χ2n) is 8.53.